The molecule has 114 valence electrons. The van der Waals surface area contributed by atoms with Gasteiger partial charge in [0, 0.05) is 39.6 Å². The minimum Gasteiger partial charge on any atom is -0.465 e. The molecular formula is C12H16BrN5O3. The van der Waals surface area contributed by atoms with E-state index >= 15 is 0 Å². The van der Waals surface area contributed by atoms with Crippen LogP contribution >= 0.6 is 15.9 Å². The van der Waals surface area contributed by atoms with Gasteiger partial charge < -0.3 is 14.9 Å². The number of hydrogen-bond donors (Lipinski definition) is 1. The van der Waals surface area contributed by atoms with Gasteiger partial charge in [0.25, 0.3) is 0 Å². The molecule has 1 aliphatic heterocycles. The summed E-state index contributed by atoms with van der Waals surface area (Å²) in [6, 6.07) is -0.751. The fourth-order valence-electron chi connectivity index (χ4n) is 2.17. The van der Waals surface area contributed by atoms with Gasteiger partial charge in [-0.1, -0.05) is 0 Å². The predicted molar refractivity (Wildman–Crippen MR) is 79.2 cm³/mol. The molecule has 2 rings (SSSR count). The van der Waals surface area contributed by atoms with Gasteiger partial charge in [-0.2, -0.15) is 0 Å². The van der Waals surface area contributed by atoms with Gasteiger partial charge in [0.05, 0.1) is 11.0 Å². The number of hydrogen-bond acceptors (Lipinski definition) is 5. The third kappa shape index (κ3) is 3.41. The van der Waals surface area contributed by atoms with Gasteiger partial charge in [-0.25, -0.2) is 14.8 Å². The van der Waals surface area contributed by atoms with Crippen LogP contribution < -0.4 is 4.90 Å². The minimum absolute atomic E-state index is 0.235. The molecule has 2 amide bonds. The van der Waals surface area contributed by atoms with Crippen LogP contribution in [0, 0.1) is 0 Å². The number of rotatable bonds is 2. The smallest absolute Gasteiger partial charge is 0.408 e. The van der Waals surface area contributed by atoms with Crippen molar-refractivity contribution in [3.8, 4) is 0 Å². The molecule has 0 aromatic carbocycles. The van der Waals surface area contributed by atoms with Gasteiger partial charge in [-0.3, -0.25) is 9.69 Å². The Labute approximate surface area is 130 Å². The third-order valence-electron chi connectivity index (χ3n) is 3.24. The van der Waals surface area contributed by atoms with Crippen LogP contribution in [-0.4, -0.2) is 76.6 Å². The van der Waals surface area contributed by atoms with Crippen molar-refractivity contribution >= 4 is 33.9 Å². The quantitative estimate of drug-likeness (QED) is 0.828. The topological polar surface area (TPSA) is 89.9 Å². The van der Waals surface area contributed by atoms with E-state index in [1.807, 2.05) is 4.90 Å². The van der Waals surface area contributed by atoms with Crippen LogP contribution in [0.25, 0.3) is 0 Å². The van der Waals surface area contributed by atoms with Crippen LogP contribution in [0.1, 0.15) is 0 Å². The summed E-state index contributed by atoms with van der Waals surface area (Å²) >= 11 is 3.26. The molecule has 0 unspecified atom stereocenters. The number of carboxylic acid groups (broad SMARTS) is 1. The maximum atomic E-state index is 12.2. The van der Waals surface area contributed by atoms with E-state index in [1.54, 1.807) is 26.5 Å². The third-order valence-corrected chi connectivity index (χ3v) is 3.65. The van der Waals surface area contributed by atoms with Gasteiger partial charge in [0.2, 0.25) is 11.9 Å². The zero-order valence-electron chi connectivity index (χ0n) is 11.7. The molecule has 1 atom stereocenters. The lowest BCUT2D eigenvalue weighted by atomic mass is 10.1. The van der Waals surface area contributed by atoms with E-state index in [0.29, 0.717) is 12.5 Å². The first-order chi connectivity index (χ1) is 9.90. The lowest BCUT2D eigenvalue weighted by Crippen LogP contribution is -2.60. The van der Waals surface area contributed by atoms with Crippen LogP contribution in [0.3, 0.4) is 0 Å². The van der Waals surface area contributed by atoms with Crippen molar-refractivity contribution < 1.29 is 14.7 Å². The van der Waals surface area contributed by atoms with Crippen molar-refractivity contribution in [2.45, 2.75) is 6.04 Å². The number of anilines is 1. The van der Waals surface area contributed by atoms with E-state index in [0.717, 1.165) is 9.37 Å². The van der Waals surface area contributed by atoms with E-state index < -0.39 is 12.1 Å². The average Bonchev–Trinajstić information content (AvgIpc) is 2.46. The largest absolute Gasteiger partial charge is 0.465 e. The molecule has 0 aliphatic carbocycles. The Kier molecular flexibility index (Phi) is 4.61. The molecule has 0 radical (unpaired) electrons. The molecule has 1 N–H and O–H groups in total. The zero-order valence-corrected chi connectivity index (χ0v) is 13.3. The first-order valence-corrected chi connectivity index (χ1v) is 7.12. The molecule has 0 bridgehead atoms. The fraction of sp³-hybridized carbons (Fsp3) is 0.500. The van der Waals surface area contributed by atoms with Crippen LogP contribution in [0.5, 0.6) is 0 Å². The Bertz CT molecular complexity index is 536. The monoisotopic (exact) mass is 357 g/mol. The van der Waals surface area contributed by atoms with E-state index in [4.69, 9.17) is 0 Å². The summed E-state index contributed by atoms with van der Waals surface area (Å²) in [6.45, 7) is 0.926. The van der Waals surface area contributed by atoms with E-state index in [-0.39, 0.29) is 19.0 Å². The molecule has 8 nitrogen and oxygen atoms in total. The van der Waals surface area contributed by atoms with Gasteiger partial charge in [0.15, 0.2) is 0 Å². The number of likely N-dealkylation sites (N-methyl/N-ethyl adjacent to an activating group) is 1. The van der Waals surface area contributed by atoms with Crippen molar-refractivity contribution in [1.82, 2.24) is 19.8 Å². The molecule has 1 aromatic heterocycles. The lowest BCUT2D eigenvalue weighted by Gasteiger charge is -2.39. The summed E-state index contributed by atoms with van der Waals surface area (Å²) in [6.07, 6.45) is 2.15. The number of carbonyl (C=O) groups is 2. The number of aromatic nitrogens is 2. The Morgan fingerprint density at radius 3 is 2.48 bits per heavy atom. The van der Waals surface area contributed by atoms with Gasteiger partial charge in [-0.15, -0.1) is 0 Å². The number of amides is 2. The first kappa shape index (κ1) is 15.5. The van der Waals surface area contributed by atoms with Crippen molar-refractivity contribution in [2.24, 2.45) is 0 Å². The highest BCUT2D eigenvalue weighted by Gasteiger charge is 2.36. The number of piperazine rings is 1. The molecule has 2 heterocycles. The van der Waals surface area contributed by atoms with Crippen LogP contribution in [0.4, 0.5) is 10.7 Å². The maximum absolute atomic E-state index is 12.2. The molecule has 1 aromatic rings. The van der Waals surface area contributed by atoms with Crippen molar-refractivity contribution in [3.63, 3.8) is 0 Å². The molecule has 1 aliphatic rings. The lowest BCUT2D eigenvalue weighted by molar-refractivity contribution is -0.134. The molecule has 0 saturated carbocycles. The summed E-state index contributed by atoms with van der Waals surface area (Å²) in [5.41, 5.74) is 0. The minimum atomic E-state index is -1.09. The number of carbonyl (C=O) groups excluding carboxylic acids is 1. The molecule has 0 spiro atoms. The maximum Gasteiger partial charge on any atom is 0.408 e. The second-order valence-corrected chi connectivity index (χ2v) is 5.79. The summed E-state index contributed by atoms with van der Waals surface area (Å²) in [7, 11) is 3.22. The molecular weight excluding hydrogens is 342 g/mol. The molecule has 21 heavy (non-hydrogen) atoms. The molecule has 1 saturated heterocycles. The Morgan fingerprint density at radius 1 is 1.33 bits per heavy atom. The Balaban J connectivity index is 2.20. The van der Waals surface area contributed by atoms with E-state index in [1.165, 1.54) is 4.90 Å². The second-order valence-electron chi connectivity index (χ2n) is 4.87. The zero-order chi connectivity index (χ0) is 15.6. The molecule has 1 fully saturated rings. The standard InChI is InChI=1S/C12H16BrN5O3/c1-16(2)10(19)9-7-17(3-4-18(9)12(20)21)11-14-5-8(13)6-15-11/h5-6,9H,3-4,7H2,1-2H3,(H,20,21)/t9-/m1/s1. The Hall–Kier alpha value is -1.90. The van der Waals surface area contributed by atoms with Crippen molar-refractivity contribution in [2.75, 3.05) is 38.6 Å². The SMILES string of the molecule is CN(C)C(=O)[C@H]1CN(c2ncc(Br)cn2)CCN1C(=O)O. The highest BCUT2D eigenvalue weighted by Crippen LogP contribution is 2.17. The average molecular weight is 358 g/mol. The van der Waals surface area contributed by atoms with E-state index in [2.05, 4.69) is 25.9 Å². The Morgan fingerprint density at radius 2 is 1.95 bits per heavy atom. The number of nitrogens with zero attached hydrogens (tertiary/aromatic N) is 5. The summed E-state index contributed by atoms with van der Waals surface area (Å²) < 4.78 is 0.760. The van der Waals surface area contributed by atoms with Gasteiger partial charge in [0.1, 0.15) is 6.04 Å². The second kappa shape index (κ2) is 6.25. The van der Waals surface area contributed by atoms with Crippen LogP contribution in [-0.2, 0) is 4.79 Å². The summed E-state index contributed by atoms with van der Waals surface area (Å²) in [5, 5.41) is 9.23. The van der Waals surface area contributed by atoms with Crippen LogP contribution in [0.2, 0.25) is 0 Å². The van der Waals surface area contributed by atoms with Gasteiger partial charge >= 0.3 is 6.09 Å². The highest BCUT2D eigenvalue weighted by molar-refractivity contribution is 9.10. The highest BCUT2D eigenvalue weighted by atomic mass is 79.9. The van der Waals surface area contributed by atoms with Gasteiger partial charge in [-0.05, 0) is 15.9 Å². The van der Waals surface area contributed by atoms with E-state index in [9.17, 15) is 14.7 Å². The van der Waals surface area contributed by atoms with Crippen molar-refractivity contribution in [1.29, 1.82) is 0 Å². The summed E-state index contributed by atoms with van der Waals surface area (Å²) in [4.78, 5) is 36.2. The first-order valence-electron chi connectivity index (χ1n) is 6.33. The molecule has 9 heteroatoms. The fourth-order valence-corrected chi connectivity index (χ4v) is 2.38. The van der Waals surface area contributed by atoms with Crippen molar-refractivity contribution in [3.05, 3.63) is 16.9 Å². The number of halogens is 1. The predicted octanol–water partition coefficient (Wildman–Crippen LogP) is 0.496. The van der Waals surface area contributed by atoms with Crippen LogP contribution in [0.15, 0.2) is 16.9 Å². The normalized spacial score (nSPS) is 18.5. The summed E-state index contributed by atoms with van der Waals surface area (Å²) in [5.74, 6) is 0.235.